The molecule has 0 aliphatic carbocycles. The SMILES string of the molecule is N=C(N)c1cc(-c2ccncc2)nn1CCF. The third kappa shape index (κ3) is 2.30. The topological polar surface area (TPSA) is 80.6 Å². The predicted octanol–water partition coefficient (Wildman–Crippen LogP) is 1.20. The highest BCUT2D eigenvalue weighted by Crippen LogP contribution is 2.17. The van der Waals surface area contributed by atoms with Gasteiger partial charge >= 0.3 is 0 Å². The molecule has 5 nitrogen and oxygen atoms in total. The van der Waals surface area contributed by atoms with Crippen LogP contribution in [0.25, 0.3) is 11.3 Å². The Bertz CT molecular complexity index is 520. The van der Waals surface area contributed by atoms with Crippen LogP contribution in [0.4, 0.5) is 4.39 Å². The van der Waals surface area contributed by atoms with Gasteiger partial charge in [0, 0.05) is 18.0 Å². The highest BCUT2D eigenvalue weighted by Gasteiger charge is 2.11. The molecule has 2 aromatic heterocycles. The molecule has 0 spiro atoms. The van der Waals surface area contributed by atoms with Gasteiger partial charge in [0.05, 0.1) is 12.2 Å². The minimum absolute atomic E-state index is 0.0972. The van der Waals surface area contributed by atoms with Crippen LogP contribution >= 0.6 is 0 Å². The summed E-state index contributed by atoms with van der Waals surface area (Å²) in [5, 5.41) is 11.6. The van der Waals surface area contributed by atoms with Gasteiger partial charge in [-0.3, -0.25) is 15.1 Å². The van der Waals surface area contributed by atoms with Gasteiger partial charge in [0.15, 0.2) is 0 Å². The third-order valence-electron chi connectivity index (χ3n) is 2.33. The normalized spacial score (nSPS) is 10.4. The Morgan fingerprint density at radius 1 is 1.41 bits per heavy atom. The molecule has 0 aliphatic rings. The highest BCUT2D eigenvalue weighted by atomic mass is 19.1. The quantitative estimate of drug-likeness (QED) is 0.615. The van der Waals surface area contributed by atoms with Crippen molar-refractivity contribution < 1.29 is 4.39 Å². The second kappa shape index (κ2) is 4.73. The fourth-order valence-corrected chi connectivity index (χ4v) is 1.55. The van der Waals surface area contributed by atoms with E-state index in [1.54, 1.807) is 30.6 Å². The smallest absolute Gasteiger partial charge is 0.141 e. The first-order chi connectivity index (χ1) is 8.22. The molecule has 17 heavy (non-hydrogen) atoms. The molecule has 0 radical (unpaired) electrons. The molecule has 3 N–H and O–H groups in total. The van der Waals surface area contributed by atoms with Gasteiger partial charge < -0.3 is 5.73 Å². The van der Waals surface area contributed by atoms with Crippen molar-refractivity contribution in [2.75, 3.05) is 6.67 Å². The lowest BCUT2D eigenvalue weighted by molar-refractivity contribution is 0.426. The number of nitrogens with one attached hydrogen (secondary N) is 1. The van der Waals surface area contributed by atoms with E-state index in [1.165, 1.54) is 4.68 Å². The minimum Gasteiger partial charge on any atom is -0.382 e. The van der Waals surface area contributed by atoms with Crippen molar-refractivity contribution in [3.63, 3.8) is 0 Å². The van der Waals surface area contributed by atoms with Crippen LogP contribution in [0.1, 0.15) is 5.69 Å². The molecule has 0 atom stereocenters. The maximum atomic E-state index is 12.4. The summed E-state index contributed by atoms with van der Waals surface area (Å²) in [6.07, 6.45) is 3.30. The standard InChI is InChI=1S/C11H12FN5/c12-3-6-17-10(11(13)14)7-9(16-17)8-1-4-15-5-2-8/h1-2,4-5,7H,3,6H2,(H3,13,14). The van der Waals surface area contributed by atoms with E-state index in [1.807, 2.05) is 0 Å². The Kier molecular flexibility index (Phi) is 3.13. The summed E-state index contributed by atoms with van der Waals surface area (Å²) >= 11 is 0. The van der Waals surface area contributed by atoms with Crippen molar-refractivity contribution in [3.05, 3.63) is 36.3 Å². The first-order valence-electron chi connectivity index (χ1n) is 5.11. The maximum absolute atomic E-state index is 12.4. The zero-order valence-electron chi connectivity index (χ0n) is 9.10. The fraction of sp³-hybridized carbons (Fsp3) is 0.182. The van der Waals surface area contributed by atoms with E-state index < -0.39 is 6.67 Å². The lowest BCUT2D eigenvalue weighted by Gasteiger charge is -2.01. The van der Waals surface area contributed by atoms with Gasteiger partial charge in [0.1, 0.15) is 18.2 Å². The molecule has 0 bridgehead atoms. The Morgan fingerprint density at radius 3 is 2.71 bits per heavy atom. The van der Waals surface area contributed by atoms with E-state index in [0.29, 0.717) is 11.4 Å². The number of halogens is 1. The largest absolute Gasteiger partial charge is 0.382 e. The summed E-state index contributed by atoms with van der Waals surface area (Å²) in [5.41, 5.74) is 7.37. The molecule has 0 fully saturated rings. The van der Waals surface area contributed by atoms with Crippen molar-refractivity contribution in [1.82, 2.24) is 14.8 Å². The van der Waals surface area contributed by atoms with Crippen LogP contribution in [-0.2, 0) is 6.54 Å². The number of nitrogens with two attached hydrogens (primary N) is 1. The monoisotopic (exact) mass is 233 g/mol. The lowest BCUT2D eigenvalue weighted by atomic mass is 10.2. The average molecular weight is 233 g/mol. The van der Waals surface area contributed by atoms with Gasteiger partial charge in [0.25, 0.3) is 0 Å². The summed E-state index contributed by atoms with van der Waals surface area (Å²) in [7, 11) is 0. The van der Waals surface area contributed by atoms with Gasteiger partial charge in [0.2, 0.25) is 0 Å². The van der Waals surface area contributed by atoms with Crippen LogP contribution in [0.15, 0.2) is 30.6 Å². The zero-order valence-corrected chi connectivity index (χ0v) is 9.10. The van der Waals surface area contributed by atoms with Gasteiger partial charge in [-0.05, 0) is 18.2 Å². The number of hydrogen-bond acceptors (Lipinski definition) is 3. The van der Waals surface area contributed by atoms with Crippen molar-refractivity contribution >= 4 is 5.84 Å². The first-order valence-corrected chi connectivity index (χ1v) is 5.11. The van der Waals surface area contributed by atoms with E-state index in [9.17, 15) is 4.39 Å². The summed E-state index contributed by atoms with van der Waals surface area (Å²) in [6.45, 7) is -0.447. The van der Waals surface area contributed by atoms with Gasteiger partial charge in [-0.2, -0.15) is 5.10 Å². The summed E-state index contributed by atoms with van der Waals surface area (Å²) in [4.78, 5) is 3.91. The third-order valence-corrected chi connectivity index (χ3v) is 2.33. The molecule has 88 valence electrons. The second-order valence-corrected chi connectivity index (χ2v) is 3.48. The Balaban J connectivity index is 2.44. The molecule has 2 rings (SSSR count). The number of pyridine rings is 1. The molecule has 0 saturated heterocycles. The summed E-state index contributed by atoms with van der Waals surface area (Å²) < 4.78 is 13.8. The predicted molar refractivity (Wildman–Crippen MR) is 62.4 cm³/mol. The molecule has 0 amide bonds. The highest BCUT2D eigenvalue weighted by molar-refractivity contribution is 5.94. The van der Waals surface area contributed by atoms with Crippen molar-refractivity contribution in [2.45, 2.75) is 6.54 Å². The fourth-order valence-electron chi connectivity index (χ4n) is 1.55. The maximum Gasteiger partial charge on any atom is 0.141 e. The zero-order chi connectivity index (χ0) is 12.3. The second-order valence-electron chi connectivity index (χ2n) is 3.48. The summed E-state index contributed by atoms with van der Waals surface area (Å²) in [5.74, 6) is -0.119. The molecule has 0 saturated carbocycles. The molecule has 6 heteroatoms. The van der Waals surface area contributed by atoms with E-state index in [0.717, 1.165) is 5.56 Å². The molecule has 2 heterocycles. The van der Waals surface area contributed by atoms with Crippen LogP contribution in [-0.4, -0.2) is 27.3 Å². The molecule has 0 aromatic carbocycles. The van der Waals surface area contributed by atoms with Crippen LogP contribution in [0.5, 0.6) is 0 Å². The Morgan fingerprint density at radius 2 is 2.12 bits per heavy atom. The average Bonchev–Trinajstić information content (AvgIpc) is 2.75. The Hall–Kier alpha value is -2.24. The van der Waals surface area contributed by atoms with Gasteiger partial charge in [-0.1, -0.05) is 0 Å². The molecule has 0 aliphatic heterocycles. The Labute approximate surface area is 97.6 Å². The molecule has 2 aromatic rings. The van der Waals surface area contributed by atoms with Gasteiger partial charge in [-0.15, -0.1) is 0 Å². The van der Waals surface area contributed by atoms with Crippen LogP contribution < -0.4 is 5.73 Å². The number of alkyl halides is 1. The number of amidine groups is 1. The van der Waals surface area contributed by atoms with E-state index in [-0.39, 0.29) is 12.4 Å². The minimum atomic E-state index is -0.544. The number of hydrogen-bond donors (Lipinski definition) is 2. The summed E-state index contributed by atoms with van der Waals surface area (Å²) in [6, 6.07) is 5.27. The van der Waals surface area contributed by atoms with E-state index in [2.05, 4.69) is 10.1 Å². The van der Waals surface area contributed by atoms with E-state index in [4.69, 9.17) is 11.1 Å². The number of aromatic nitrogens is 3. The van der Waals surface area contributed by atoms with Crippen LogP contribution in [0.2, 0.25) is 0 Å². The number of aryl methyl sites for hydroxylation is 1. The first kappa shape index (κ1) is 11.3. The van der Waals surface area contributed by atoms with E-state index >= 15 is 0 Å². The van der Waals surface area contributed by atoms with Crippen LogP contribution in [0, 0.1) is 5.41 Å². The lowest BCUT2D eigenvalue weighted by Crippen LogP contribution is -2.18. The molecular weight excluding hydrogens is 221 g/mol. The molecular formula is C11H12FN5. The van der Waals surface area contributed by atoms with Crippen molar-refractivity contribution in [2.24, 2.45) is 5.73 Å². The van der Waals surface area contributed by atoms with Crippen molar-refractivity contribution in [3.8, 4) is 11.3 Å². The molecule has 0 unspecified atom stereocenters. The number of nitrogen functional groups attached to an aromatic ring is 1. The van der Waals surface area contributed by atoms with Gasteiger partial charge in [-0.25, -0.2) is 4.39 Å². The van der Waals surface area contributed by atoms with Crippen molar-refractivity contribution in [1.29, 1.82) is 5.41 Å². The van der Waals surface area contributed by atoms with Crippen LogP contribution in [0.3, 0.4) is 0 Å². The number of nitrogens with zero attached hydrogens (tertiary/aromatic N) is 3. The number of rotatable bonds is 4.